The van der Waals surface area contributed by atoms with E-state index in [1.54, 1.807) is 6.08 Å². The van der Waals surface area contributed by atoms with Crippen LogP contribution in [0, 0.1) is 18.3 Å². The molecule has 1 aliphatic rings. The van der Waals surface area contributed by atoms with E-state index < -0.39 is 0 Å². The van der Waals surface area contributed by atoms with Crippen LogP contribution in [0.25, 0.3) is 22.6 Å². The fraction of sp³-hybridized carbons (Fsp3) is 0.300. The molecule has 0 atom stereocenters. The Kier molecular flexibility index (Phi) is 4.44. The van der Waals surface area contributed by atoms with E-state index in [2.05, 4.69) is 25.8 Å². The van der Waals surface area contributed by atoms with Crippen LogP contribution < -0.4 is 0 Å². The standard InChI is InChI=1S/C20H18ClN5/c1-13-6-5-7-14-10-15(19(21)23-18(13)14)11-16(12-22)20-25-24-17-8-3-2-4-9-26(17)20/h5-7,10-11H,2-4,8-9H2,1H3/b16-11+. The van der Waals surface area contributed by atoms with Gasteiger partial charge in [-0.15, -0.1) is 10.2 Å². The van der Waals surface area contributed by atoms with Crippen LogP contribution in [0.3, 0.4) is 0 Å². The van der Waals surface area contributed by atoms with Crippen molar-refractivity contribution in [1.82, 2.24) is 19.7 Å². The van der Waals surface area contributed by atoms with Crippen molar-refractivity contribution in [3.8, 4) is 6.07 Å². The van der Waals surface area contributed by atoms with Crippen molar-refractivity contribution < 1.29 is 0 Å². The first kappa shape index (κ1) is 16.7. The summed E-state index contributed by atoms with van der Waals surface area (Å²) in [6.45, 7) is 2.85. The number of allylic oxidation sites excluding steroid dienone is 1. The number of aryl methyl sites for hydroxylation is 2. The molecule has 0 radical (unpaired) electrons. The van der Waals surface area contributed by atoms with Gasteiger partial charge in [0.25, 0.3) is 0 Å². The molecule has 0 amide bonds. The van der Waals surface area contributed by atoms with E-state index in [0.29, 0.717) is 22.1 Å². The maximum Gasteiger partial charge on any atom is 0.174 e. The van der Waals surface area contributed by atoms with Gasteiger partial charge in [-0.05, 0) is 37.5 Å². The smallest absolute Gasteiger partial charge is 0.174 e. The summed E-state index contributed by atoms with van der Waals surface area (Å²) in [5, 5.41) is 19.7. The van der Waals surface area contributed by atoms with E-state index in [0.717, 1.165) is 48.1 Å². The summed E-state index contributed by atoms with van der Waals surface area (Å²) in [7, 11) is 0. The third-order valence-electron chi connectivity index (χ3n) is 4.80. The summed E-state index contributed by atoms with van der Waals surface area (Å²) in [4.78, 5) is 4.51. The predicted octanol–water partition coefficient (Wildman–Crippen LogP) is 4.58. The normalized spacial score (nSPS) is 14.7. The number of benzene rings is 1. The molecule has 4 rings (SSSR count). The summed E-state index contributed by atoms with van der Waals surface area (Å²) >= 11 is 6.40. The number of aromatic nitrogens is 4. The predicted molar refractivity (Wildman–Crippen MR) is 103 cm³/mol. The number of hydrogen-bond donors (Lipinski definition) is 0. The fourth-order valence-corrected chi connectivity index (χ4v) is 3.62. The number of rotatable bonds is 2. The molecule has 0 fully saturated rings. The van der Waals surface area contributed by atoms with Gasteiger partial charge in [-0.2, -0.15) is 5.26 Å². The molecule has 0 saturated carbocycles. The second-order valence-corrected chi connectivity index (χ2v) is 6.94. The Morgan fingerprint density at radius 3 is 3.00 bits per heavy atom. The van der Waals surface area contributed by atoms with Crippen molar-refractivity contribution in [2.45, 2.75) is 39.2 Å². The molecule has 0 saturated heterocycles. The second-order valence-electron chi connectivity index (χ2n) is 6.59. The van der Waals surface area contributed by atoms with Crippen LogP contribution in [0.4, 0.5) is 0 Å². The molecule has 0 bridgehead atoms. The van der Waals surface area contributed by atoms with E-state index in [1.165, 1.54) is 6.42 Å². The Morgan fingerprint density at radius 2 is 2.15 bits per heavy atom. The minimum atomic E-state index is 0.384. The van der Waals surface area contributed by atoms with Crippen molar-refractivity contribution in [3.05, 3.63) is 52.2 Å². The van der Waals surface area contributed by atoms with Gasteiger partial charge in [-0.3, -0.25) is 0 Å². The van der Waals surface area contributed by atoms with Gasteiger partial charge in [0.1, 0.15) is 17.0 Å². The third kappa shape index (κ3) is 2.97. The lowest BCUT2D eigenvalue weighted by atomic mass is 10.1. The second kappa shape index (κ2) is 6.89. The maximum atomic E-state index is 9.72. The van der Waals surface area contributed by atoms with Crippen molar-refractivity contribution in [1.29, 1.82) is 5.26 Å². The summed E-state index contributed by atoms with van der Waals surface area (Å²) in [5.74, 6) is 1.57. The van der Waals surface area contributed by atoms with E-state index >= 15 is 0 Å². The largest absolute Gasteiger partial charge is 0.310 e. The van der Waals surface area contributed by atoms with Crippen molar-refractivity contribution in [2.24, 2.45) is 0 Å². The molecule has 0 aliphatic carbocycles. The van der Waals surface area contributed by atoms with Gasteiger partial charge in [0.2, 0.25) is 0 Å². The Labute approximate surface area is 157 Å². The van der Waals surface area contributed by atoms with Gasteiger partial charge in [0.05, 0.1) is 11.1 Å². The molecular weight excluding hydrogens is 346 g/mol. The molecular formula is C20H18ClN5. The first-order valence-corrected chi connectivity index (χ1v) is 9.15. The number of para-hydroxylation sites is 1. The van der Waals surface area contributed by atoms with Crippen LogP contribution in [0.2, 0.25) is 5.15 Å². The highest BCUT2D eigenvalue weighted by atomic mass is 35.5. The van der Waals surface area contributed by atoms with E-state index in [9.17, 15) is 5.26 Å². The molecule has 6 heteroatoms. The van der Waals surface area contributed by atoms with Crippen molar-refractivity contribution in [3.63, 3.8) is 0 Å². The van der Waals surface area contributed by atoms with Gasteiger partial charge in [0, 0.05) is 23.9 Å². The summed E-state index contributed by atoms with van der Waals surface area (Å²) in [5.41, 5.74) is 3.13. The van der Waals surface area contributed by atoms with Crippen molar-refractivity contribution in [2.75, 3.05) is 0 Å². The van der Waals surface area contributed by atoms with Crippen molar-refractivity contribution >= 4 is 34.2 Å². The average molecular weight is 364 g/mol. The highest BCUT2D eigenvalue weighted by Crippen LogP contribution is 2.27. The zero-order valence-corrected chi connectivity index (χ0v) is 15.3. The Hall–Kier alpha value is -2.71. The third-order valence-corrected chi connectivity index (χ3v) is 5.10. The highest BCUT2D eigenvalue weighted by molar-refractivity contribution is 6.31. The number of nitrogens with zero attached hydrogens (tertiary/aromatic N) is 5. The Balaban J connectivity index is 1.82. The summed E-state index contributed by atoms with van der Waals surface area (Å²) in [6, 6.07) is 10.2. The zero-order chi connectivity index (χ0) is 18.1. The van der Waals surface area contributed by atoms with Crippen LogP contribution in [0.1, 0.15) is 42.0 Å². The van der Waals surface area contributed by atoms with Crippen LogP contribution >= 0.6 is 11.6 Å². The molecule has 0 unspecified atom stereocenters. The summed E-state index contributed by atoms with van der Waals surface area (Å²) < 4.78 is 2.06. The molecule has 26 heavy (non-hydrogen) atoms. The van der Waals surface area contributed by atoms with Gasteiger partial charge < -0.3 is 4.57 Å². The quantitative estimate of drug-likeness (QED) is 0.493. The van der Waals surface area contributed by atoms with Crippen LogP contribution in [0.5, 0.6) is 0 Å². The fourth-order valence-electron chi connectivity index (χ4n) is 3.43. The Morgan fingerprint density at radius 1 is 1.27 bits per heavy atom. The van der Waals surface area contributed by atoms with E-state index in [-0.39, 0.29) is 0 Å². The maximum absolute atomic E-state index is 9.72. The minimum absolute atomic E-state index is 0.384. The molecule has 0 spiro atoms. The molecule has 2 aromatic heterocycles. The number of fused-ring (bicyclic) bond motifs is 2. The van der Waals surface area contributed by atoms with Gasteiger partial charge >= 0.3 is 0 Å². The van der Waals surface area contributed by atoms with Crippen LogP contribution in [-0.4, -0.2) is 19.7 Å². The monoisotopic (exact) mass is 363 g/mol. The van der Waals surface area contributed by atoms with E-state index in [4.69, 9.17) is 11.6 Å². The van der Waals surface area contributed by atoms with Crippen LogP contribution in [0.15, 0.2) is 24.3 Å². The molecule has 130 valence electrons. The molecule has 3 aromatic rings. The molecule has 5 nitrogen and oxygen atoms in total. The topological polar surface area (TPSA) is 67.4 Å². The molecule has 0 N–H and O–H groups in total. The minimum Gasteiger partial charge on any atom is -0.310 e. The highest BCUT2D eigenvalue weighted by Gasteiger charge is 2.18. The SMILES string of the molecule is Cc1cccc2cc(/C=C(\C#N)c3nnc4n3CCCCC4)c(Cl)nc12. The Bertz CT molecular complexity index is 1060. The number of halogens is 1. The number of nitriles is 1. The van der Waals surface area contributed by atoms with Gasteiger partial charge in [0.15, 0.2) is 5.82 Å². The number of pyridine rings is 1. The van der Waals surface area contributed by atoms with Crippen LogP contribution in [-0.2, 0) is 13.0 Å². The molecule has 3 heterocycles. The first-order valence-electron chi connectivity index (χ1n) is 8.77. The lowest BCUT2D eigenvalue weighted by molar-refractivity contribution is 0.627. The van der Waals surface area contributed by atoms with Gasteiger partial charge in [-0.25, -0.2) is 4.98 Å². The molecule has 1 aliphatic heterocycles. The summed E-state index contributed by atoms with van der Waals surface area (Å²) in [6.07, 6.45) is 6.04. The van der Waals surface area contributed by atoms with Gasteiger partial charge in [-0.1, -0.05) is 36.2 Å². The number of hydrogen-bond acceptors (Lipinski definition) is 4. The first-order chi connectivity index (χ1) is 12.7. The van der Waals surface area contributed by atoms with E-state index in [1.807, 2.05) is 31.2 Å². The zero-order valence-electron chi connectivity index (χ0n) is 14.5. The lowest BCUT2D eigenvalue weighted by Gasteiger charge is -2.07. The lowest BCUT2D eigenvalue weighted by Crippen LogP contribution is -2.05. The average Bonchev–Trinajstić information content (AvgIpc) is 2.89. The molecule has 1 aromatic carbocycles.